The molecule has 0 atom stereocenters. The molecule has 0 aliphatic carbocycles. The maximum absolute atomic E-state index is 14.0. The van der Waals surface area contributed by atoms with Crippen molar-refractivity contribution in [2.24, 2.45) is 5.73 Å². The highest BCUT2D eigenvalue weighted by Crippen LogP contribution is 2.31. The van der Waals surface area contributed by atoms with E-state index in [1.165, 1.54) is 12.1 Å². The summed E-state index contributed by atoms with van der Waals surface area (Å²) >= 11 is 0. The van der Waals surface area contributed by atoms with Crippen LogP contribution in [0.3, 0.4) is 0 Å². The number of nitrogens with two attached hydrogens (primary N) is 1. The molecule has 0 aliphatic heterocycles. The molecule has 3 aromatic rings. The van der Waals surface area contributed by atoms with Crippen LogP contribution in [-0.4, -0.2) is 13.0 Å². The summed E-state index contributed by atoms with van der Waals surface area (Å²) in [6, 6.07) is 8.49. The second kappa shape index (κ2) is 5.81. The molecule has 4 nitrogen and oxygen atoms in total. The van der Waals surface area contributed by atoms with Gasteiger partial charge in [0, 0.05) is 23.1 Å². The Morgan fingerprint density at radius 3 is 2.65 bits per heavy atom. The van der Waals surface area contributed by atoms with E-state index in [1.807, 2.05) is 0 Å². The molecule has 23 heavy (non-hydrogen) atoms. The van der Waals surface area contributed by atoms with Gasteiger partial charge in [0.2, 0.25) is 0 Å². The molecule has 3 N–H and O–H groups in total. The number of rotatable bonds is 4. The monoisotopic (exact) mass is 316 g/mol. The summed E-state index contributed by atoms with van der Waals surface area (Å²) < 4.78 is 33.2. The van der Waals surface area contributed by atoms with Crippen LogP contribution in [0.4, 0.5) is 8.78 Å². The fraction of sp³-hybridized carbons (Fsp3) is 0.118. The van der Waals surface area contributed by atoms with Crippen LogP contribution in [0.5, 0.6) is 0 Å². The number of furan rings is 1. The molecule has 0 bridgehead atoms. The quantitative estimate of drug-likeness (QED) is 0.776. The van der Waals surface area contributed by atoms with Crippen molar-refractivity contribution in [3.05, 3.63) is 59.2 Å². The number of fused-ring (bicyclic) bond motifs is 1. The second-order valence-corrected chi connectivity index (χ2v) is 5.18. The number of primary amides is 1. The lowest BCUT2D eigenvalue weighted by atomic mass is 10.1. The van der Waals surface area contributed by atoms with E-state index in [4.69, 9.17) is 10.2 Å². The first-order valence-electron chi connectivity index (χ1n) is 6.96. The van der Waals surface area contributed by atoms with Crippen LogP contribution in [0.15, 0.2) is 40.8 Å². The van der Waals surface area contributed by atoms with Crippen molar-refractivity contribution in [2.75, 3.05) is 7.05 Å². The highest BCUT2D eigenvalue weighted by Gasteiger charge is 2.16. The minimum absolute atomic E-state index is 0.0430. The molecule has 2 aromatic carbocycles. The zero-order valence-corrected chi connectivity index (χ0v) is 12.3. The number of hydrogen-bond acceptors (Lipinski definition) is 3. The van der Waals surface area contributed by atoms with Crippen molar-refractivity contribution in [3.63, 3.8) is 0 Å². The number of benzene rings is 2. The third-order valence-electron chi connectivity index (χ3n) is 3.55. The zero-order valence-electron chi connectivity index (χ0n) is 12.3. The van der Waals surface area contributed by atoms with Gasteiger partial charge in [-0.15, -0.1) is 0 Å². The summed E-state index contributed by atoms with van der Waals surface area (Å²) in [5.74, 6) is -1.42. The Hall–Kier alpha value is -2.73. The topological polar surface area (TPSA) is 68.3 Å². The fourth-order valence-electron chi connectivity index (χ4n) is 2.48. The largest absolute Gasteiger partial charge is 0.455 e. The molecule has 0 saturated carbocycles. The highest BCUT2D eigenvalue weighted by molar-refractivity contribution is 6.04. The van der Waals surface area contributed by atoms with E-state index in [-0.39, 0.29) is 17.0 Å². The van der Waals surface area contributed by atoms with Crippen molar-refractivity contribution >= 4 is 16.9 Å². The summed E-state index contributed by atoms with van der Waals surface area (Å²) in [7, 11) is 1.73. The number of hydrogen-bond donors (Lipinski definition) is 2. The Morgan fingerprint density at radius 1 is 1.22 bits per heavy atom. The summed E-state index contributed by atoms with van der Waals surface area (Å²) in [6.45, 7) is 0.406. The van der Waals surface area contributed by atoms with Gasteiger partial charge in [-0.2, -0.15) is 0 Å². The molecule has 0 aliphatic rings. The molecule has 6 heteroatoms. The van der Waals surface area contributed by atoms with E-state index in [1.54, 1.807) is 25.2 Å². The molecule has 0 fully saturated rings. The SMILES string of the molecule is CNCc1ccc(-c2cc3cc(F)cc(C(N)=O)c3o2)cc1F. The van der Waals surface area contributed by atoms with Gasteiger partial charge >= 0.3 is 0 Å². The van der Waals surface area contributed by atoms with Crippen molar-refractivity contribution in [1.82, 2.24) is 5.32 Å². The third kappa shape index (κ3) is 2.80. The van der Waals surface area contributed by atoms with Crippen LogP contribution in [-0.2, 0) is 6.54 Å². The second-order valence-electron chi connectivity index (χ2n) is 5.18. The molecular weight excluding hydrogens is 302 g/mol. The number of halogens is 2. The van der Waals surface area contributed by atoms with Crippen molar-refractivity contribution in [1.29, 1.82) is 0 Å². The Kier molecular flexibility index (Phi) is 3.83. The normalized spacial score (nSPS) is 11.1. The van der Waals surface area contributed by atoms with Crippen LogP contribution < -0.4 is 11.1 Å². The summed E-state index contributed by atoms with van der Waals surface area (Å²) in [5.41, 5.74) is 6.41. The lowest BCUT2D eigenvalue weighted by Gasteiger charge is -2.04. The standard InChI is InChI=1S/C17H14F2N2O2/c1-21-8-10-3-2-9(5-14(10)19)15-6-11-4-12(18)7-13(17(20)22)16(11)23-15/h2-7,21H,8H2,1H3,(H2,20,22). The smallest absolute Gasteiger partial charge is 0.252 e. The molecule has 1 amide bonds. The molecule has 0 spiro atoms. The van der Waals surface area contributed by atoms with E-state index < -0.39 is 11.7 Å². The maximum Gasteiger partial charge on any atom is 0.252 e. The van der Waals surface area contributed by atoms with Gasteiger partial charge in [0.1, 0.15) is 23.0 Å². The fourth-order valence-corrected chi connectivity index (χ4v) is 2.48. The molecular formula is C17H14F2N2O2. The van der Waals surface area contributed by atoms with Gasteiger partial charge in [0.15, 0.2) is 0 Å². The Labute approximate surface area is 130 Å². The number of carbonyl (C=O) groups is 1. The van der Waals surface area contributed by atoms with Gasteiger partial charge in [0.05, 0.1) is 5.56 Å². The number of carbonyl (C=O) groups excluding carboxylic acids is 1. The Balaban J connectivity index is 2.12. The molecule has 1 heterocycles. The van der Waals surface area contributed by atoms with Crippen LogP contribution in [0.2, 0.25) is 0 Å². The van der Waals surface area contributed by atoms with E-state index in [9.17, 15) is 13.6 Å². The molecule has 118 valence electrons. The first-order chi connectivity index (χ1) is 11.0. The average molecular weight is 316 g/mol. The lowest BCUT2D eigenvalue weighted by molar-refractivity contribution is 0.100. The Bertz CT molecular complexity index is 903. The predicted molar refractivity (Wildman–Crippen MR) is 82.8 cm³/mol. The molecule has 0 saturated heterocycles. The summed E-state index contributed by atoms with van der Waals surface area (Å²) in [4.78, 5) is 11.4. The van der Waals surface area contributed by atoms with Crippen molar-refractivity contribution < 1.29 is 18.0 Å². The Morgan fingerprint density at radius 2 is 2.00 bits per heavy atom. The van der Waals surface area contributed by atoms with Gasteiger partial charge in [-0.05, 0) is 31.3 Å². The van der Waals surface area contributed by atoms with Gasteiger partial charge in [0.25, 0.3) is 5.91 Å². The van der Waals surface area contributed by atoms with Crippen molar-refractivity contribution in [3.8, 4) is 11.3 Å². The van der Waals surface area contributed by atoms with Gasteiger partial charge in [-0.25, -0.2) is 8.78 Å². The minimum Gasteiger partial charge on any atom is -0.455 e. The maximum atomic E-state index is 14.0. The lowest BCUT2D eigenvalue weighted by Crippen LogP contribution is -2.11. The molecule has 0 unspecified atom stereocenters. The van der Waals surface area contributed by atoms with Crippen LogP contribution >= 0.6 is 0 Å². The zero-order chi connectivity index (χ0) is 16.6. The van der Waals surface area contributed by atoms with Crippen molar-refractivity contribution in [2.45, 2.75) is 6.54 Å². The van der Waals surface area contributed by atoms with Gasteiger partial charge < -0.3 is 15.5 Å². The number of amides is 1. The first-order valence-corrected chi connectivity index (χ1v) is 6.96. The van der Waals surface area contributed by atoms with E-state index >= 15 is 0 Å². The summed E-state index contributed by atoms with van der Waals surface area (Å²) in [5, 5.41) is 3.27. The van der Waals surface area contributed by atoms with Crippen LogP contribution in [0.25, 0.3) is 22.3 Å². The molecule has 1 aromatic heterocycles. The summed E-state index contributed by atoms with van der Waals surface area (Å²) in [6.07, 6.45) is 0. The molecule has 3 rings (SSSR count). The average Bonchev–Trinajstić information content (AvgIpc) is 2.92. The van der Waals surface area contributed by atoms with Gasteiger partial charge in [-0.1, -0.05) is 12.1 Å². The predicted octanol–water partition coefficient (Wildman–Crippen LogP) is 3.20. The minimum atomic E-state index is -0.786. The molecule has 0 radical (unpaired) electrons. The first kappa shape index (κ1) is 15.2. The van der Waals surface area contributed by atoms with Crippen LogP contribution in [0.1, 0.15) is 15.9 Å². The van der Waals surface area contributed by atoms with E-state index in [0.29, 0.717) is 28.8 Å². The van der Waals surface area contributed by atoms with E-state index in [0.717, 1.165) is 6.07 Å². The number of nitrogens with one attached hydrogen (secondary N) is 1. The van der Waals surface area contributed by atoms with E-state index in [2.05, 4.69) is 5.32 Å². The van der Waals surface area contributed by atoms with Crippen LogP contribution in [0, 0.1) is 11.6 Å². The highest BCUT2D eigenvalue weighted by atomic mass is 19.1. The van der Waals surface area contributed by atoms with Gasteiger partial charge in [-0.3, -0.25) is 4.79 Å². The third-order valence-corrected chi connectivity index (χ3v) is 3.55.